The summed E-state index contributed by atoms with van der Waals surface area (Å²) in [6.07, 6.45) is 0.532. The summed E-state index contributed by atoms with van der Waals surface area (Å²) in [4.78, 5) is 28.4. The predicted octanol–water partition coefficient (Wildman–Crippen LogP) is 4.42. The summed E-state index contributed by atoms with van der Waals surface area (Å²) in [5, 5.41) is 2.90. The van der Waals surface area contributed by atoms with Gasteiger partial charge in [-0.1, -0.05) is 80.6 Å². The highest BCUT2D eigenvalue weighted by atomic mass is 32.2. The van der Waals surface area contributed by atoms with Crippen molar-refractivity contribution in [3.05, 3.63) is 96.1 Å². The zero-order valence-electron chi connectivity index (χ0n) is 22.5. The van der Waals surface area contributed by atoms with Crippen molar-refractivity contribution >= 4 is 27.5 Å². The first-order valence-corrected chi connectivity index (χ1v) is 14.3. The fourth-order valence-electron chi connectivity index (χ4n) is 4.10. The SMILES string of the molecule is Cc1ccccc1N(CC(=O)N(CCc1ccccc1)C(C)C(=O)NCC(C)C)S(=O)(=O)c1ccccc1. The summed E-state index contributed by atoms with van der Waals surface area (Å²) in [5.41, 5.74) is 2.16. The van der Waals surface area contributed by atoms with Crippen molar-refractivity contribution in [3.63, 3.8) is 0 Å². The maximum absolute atomic E-state index is 13.9. The number of aryl methyl sites for hydroxylation is 1. The molecule has 1 atom stereocenters. The van der Waals surface area contributed by atoms with Crippen LogP contribution in [0.3, 0.4) is 0 Å². The molecule has 0 aliphatic heterocycles. The Bertz CT molecular complexity index is 1310. The van der Waals surface area contributed by atoms with Crippen molar-refractivity contribution in [1.29, 1.82) is 0 Å². The Morgan fingerprint density at radius 1 is 0.842 bits per heavy atom. The van der Waals surface area contributed by atoms with Crippen LogP contribution in [0, 0.1) is 12.8 Å². The van der Waals surface area contributed by atoms with E-state index in [1.165, 1.54) is 17.0 Å². The fraction of sp³-hybridized carbons (Fsp3) is 0.333. The molecule has 3 aromatic carbocycles. The van der Waals surface area contributed by atoms with Crippen LogP contribution < -0.4 is 9.62 Å². The van der Waals surface area contributed by atoms with Crippen LogP contribution in [-0.4, -0.2) is 50.8 Å². The summed E-state index contributed by atoms with van der Waals surface area (Å²) in [7, 11) is -4.05. The monoisotopic (exact) mass is 535 g/mol. The van der Waals surface area contributed by atoms with Crippen molar-refractivity contribution in [1.82, 2.24) is 10.2 Å². The average molecular weight is 536 g/mol. The molecule has 2 amide bonds. The molecule has 8 heteroatoms. The van der Waals surface area contributed by atoms with E-state index >= 15 is 0 Å². The summed E-state index contributed by atoms with van der Waals surface area (Å²) in [6.45, 7) is 7.81. The summed E-state index contributed by atoms with van der Waals surface area (Å²) in [5.74, 6) is -0.462. The number of rotatable bonds is 12. The minimum atomic E-state index is -4.05. The van der Waals surface area contributed by atoms with Crippen LogP contribution in [0.15, 0.2) is 89.8 Å². The zero-order chi connectivity index (χ0) is 27.7. The van der Waals surface area contributed by atoms with E-state index in [-0.39, 0.29) is 23.3 Å². The quantitative estimate of drug-likeness (QED) is 0.372. The van der Waals surface area contributed by atoms with Crippen molar-refractivity contribution < 1.29 is 18.0 Å². The van der Waals surface area contributed by atoms with Gasteiger partial charge in [0.2, 0.25) is 11.8 Å². The van der Waals surface area contributed by atoms with E-state index in [1.54, 1.807) is 37.3 Å². The Morgan fingerprint density at radius 2 is 1.42 bits per heavy atom. The Hall–Kier alpha value is -3.65. The van der Waals surface area contributed by atoms with Gasteiger partial charge in [0.05, 0.1) is 10.6 Å². The normalized spacial score (nSPS) is 12.1. The molecule has 0 aliphatic rings. The number of nitrogens with one attached hydrogen (secondary N) is 1. The fourth-order valence-corrected chi connectivity index (χ4v) is 5.60. The summed E-state index contributed by atoms with van der Waals surface area (Å²) >= 11 is 0. The number of para-hydroxylation sites is 1. The van der Waals surface area contributed by atoms with E-state index in [0.29, 0.717) is 18.7 Å². The van der Waals surface area contributed by atoms with Crippen molar-refractivity contribution in [3.8, 4) is 0 Å². The molecule has 1 N–H and O–H groups in total. The lowest BCUT2D eigenvalue weighted by atomic mass is 10.1. The Morgan fingerprint density at radius 3 is 2.03 bits per heavy atom. The van der Waals surface area contributed by atoms with Gasteiger partial charge in [-0.05, 0) is 55.5 Å². The van der Waals surface area contributed by atoms with Gasteiger partial charge in [-0.25, -0.2) is 8.42 Å². The average Bonchev–Trinajstić information content (AvgIpc) is 2.91. The Balaban J connectivity index is 1.95. The first kappa shape index (κ1) is 28.9. The second kappa shape index (κ2) is 13.2. The van der Waals surface area contributed by atoms with Crippen LogP contribution in [-0.2, 0) is 26.0 Å². The number of sulfonamides is 1. The third kappa shape index (κ3) is 7.44. The van der Waals surface area contributed by atoms with Crippen molar-refractivity contribution in [2.75, 3.05) is 23.9 Å². The van der Waals surface area contributed by atoms with Gasteiger partial charge >= 0.3 is 0 Å². The maximum atomic E-state index is 13.9. The van der Waals surface area contributed by atoms with Crippen molar-refractivity contribution in [2.45, 2.75) is 45.1 Å². The van der Waals surface area contributed by atoms with Gasteiger partial charge < -0.3 is 10.2 Å². The van der Waals surface area contributed by atoms with Crippen LogP contribution in [0.1, 0.15) is 31.9 Å². The Labute approximate surface area is 226 Å². The highest BCUT2D eigenvalue weighted by Gasteiger charge is 2.32. The maximum Gasteiger partial charge on any atom is 0.264 e. The highest BCUT2D eigenvalue weighted by Crippen LogP contribution is 2.27. The molecule has 0 fully saturated rings. The summed E-state index contributed by atoms with van der Waals surface area (Å²) < 4.78 is 28.7. The van der Waals surface area contributed by atoms with Crippen LogP contribution >= 0.6 is 0 Å². The number of benzene rings is 3. The van der Waals surface area contributed by atoms with Gasteiger partial charge in [0, 0.05) is 13.1 Å². The van der Waals surface area contributed by atoms with E-state index in [9.17, 15) is 18.0 Å². The van der Waals surface area contributed by atoms with Crippen LogP contribution in [0.4, 0.5) is 5.69 Å². The Kier molecular flexibility index (Phi) is 10.1. The lowest BCUT2D eigenvalue weighted by Gasteiger charge is -2.32. The number of anilines is 1. The van der Waals surface area contributed by atoms with Crippen LogP contribution in [0.2, 0.25) is 0 Å². The molecule has 0 radical (unpaired) electrons. The molecular formula is C30H37N3O4S. The van der Waals surface area contributed by atoms with Crippen molar-refractivity contribution in [2.24, 2.45) is 5.92 Å². The molecule has 0 heterocycles. The molecule has 0 bridgehead atoms. The van der Waals surface area contributed by atoms with E-state index < -0.39 is 28.5 Å². The van der Waals surface area contributed by atoms with Gasteiger partial charge in [0.1, 0.15) is 12.6 Å². The van der Waals surface area contributed by atoms with Gasteiger partial charge in [-0.2, -0.15) is 0 Å². The number of amides is 2. The second-order valence-electron chi connectivity index (χ2n) is 9.75. The molecule has 7 nitrogen and oxygen atoms in total. The predicted molar refractivity (Wildman–Crippen MR) is 151 cm³/mol. The van der Waals surface area contributed by atoms with Crippen LogP contribution in [0.5, 0.6) is 0 Å². The molecule has 38 heavy (non-hydrogen) atoms. The van der Waals surface area contributed by atoms with Gasteiger partial charge in [-0.15, -0.1) is 0 Å². The van der Waals surface area contributed by atoms with E-state index in [0.717, 1.165) is 15.4 Å². The van der Waals surface area contributed by atoms with E-state index in [1.807, 2.05) is 63.2 Å². The largest absolute Gasteiger partial charge is 0.354 e. The molecule has 3 rings (SSSR count). The lowest BCUT2D eigenvalue weighted by molar-refractivity contribution is -0.138. The molecule has 0 aliphatic carbocycles. The molecule has 0 spiro atoms. The first-order valence-electron chi connectivity index (χ1n) is 12.9. The molecular weight excluding hydrogens is 498 g/mol. The number of nitrogens with zero attached hydrogens (tertiary/aromatic N) is 2. The highest BCUT2D eigenvalue weighted by molar-refractivity contribution is 7.92. The number of carbonyl (C=O) groups excluding carboxylic acids is 2. The molecule has 0 aromatic heterocycles. The number of carbonyl (C=O) groups is 2. The molecule has 1 unspecified atom stereocenters. The molecule has 202 valence electrons. The smallest absolute Gasteiger partial charge is 0.264 e. The molecule has 3 aromatic rings. The van der Waals surface area contributed by atoms with Gasteiger partial charge in [0.15, 0.2) is 0 Å². The van der Waals surface area contributed by atoms with Crippen LogP contribution in [0.25, 0.3) is 0 Å². The molecule has 0 saturated heterocycles. The third-order valence-corrected chi connectivity index (χ3v) is 8.10. The summed E-state index contributed by atoms with van der Waals surface area (Å²) in [6, 6.07) is 24.1. The number of hydrogen-bond donors (Lipinski definition) is 1. The zero-order valence-corrected chi connectivity index (χ0v) is 23.3. The number of hydrogen-bond acceptors (Lipinski definition) is 4. The standard InChI is InChI=1S/C30H37N3O4S/c1-23(2)21-31-30(35)25(4)32(20-19-26-14-7-5-8-15-26)29(34)22-33(28-18-12-11-13-24(28)3)38(36,37)27-16-9-6-10-17-27/h5-18,23,25H,19-22H2,1-4H3,(H,31,35). The van der Waals surface area contributed by atoms with E-state index in [2.05, 4.69) is 5.32 Å². The first-order chi connectivity index (χ1) is 18.1. The molecule has 0 saturated carbocycles. The second-order valence-corrected chi connectivity index (χ2v) is 11.6. The van der Waals surface area contributed by atoms with Gasteiger partial charge in [0.25, 0.3) is 10.0 Å². The van der Waals surface area contributed by atoms with E-state index in [4.69, 9.17) is 0 Å². The van der Waals surface area contributed by atoms with Gasteiger partial charge in [-0.3, -0.25) is 13.9 Å². The topological polar surface area (TPSA) is 86.8 Å². The minimum Gasteiger partial charge on any atom is -0.354 e. The minimum absolute atomic E-state index is 0.0922. The lowest BCUT2D eigenvalue weighted by Crippen LogP contribution is -2.52. The third-order valence-electron chi connectivity index (χ3n) is 6.33.